The zero-order valence-electron chi connectivity index (χ0n) is 11.7. The number of aryl methyl sites for hydroxylation is 1. The van der Waals surface area contributed by atoms with Crippen LogP contribution < -0.4 is 11.1 Å². The quantitative estimate of drug-likeness (QED) is 0.797. The standard InChI is InChI=1S/C15H23FN2O/c1-3-5-12(8-9-17)10-18-15(19)13-7-4-6-11(2)14(13)16/h4,6-7,12H,3,5,8-10,17H2,1-2H3,(H,18,19). The van der Waals surface area contributed by atoms with Gasteiger partial charge in [0.1, 0.15) is 5.82 Å². The number of carbonyl (C=O) groups excluding carboxylic acids is 1. The Labute approximate surface area is 114 Å². The lowest BCUT2D eigenvalue weighted by Gasteiger charge is -2.16. The molecule has 0 radical (unpaired) electrons. The highest BCUT2D eigenvalue weighted by atomic mass is 19.1. The summed E-state index contributed by atoms with van der Waals surface area (Å²) in [5.41, 5.74) is 6.15. The van der Waals surface area contributed by atoms with Crippen LogP contribution in [-0.4, -0.2) is 19.0 Å². The fourth-order valence-electron chi connectivity index (χ4n) is 2.15. The lowest BCUT2D eigenvalue weighted by molar-refractivity contribution is 0.0941. The van der Waals surface area contributed by atoms with E-state index in [4.69, 9.17) is 5.73 Å². The van der Waals surface area contributed by atoms with Crippen molar-refractivity contribution in [1.29, 1.82) is 0 Å². The van der Waals surface area contributed by atoms with Gasteiger partial charge >= 0.3 is 0 Å². The zero-order valence-corrected chi connectivity index (χ0v) is 11.7. The van der Waals surface area contributed by atoms with Gasteiger partial charge < -0.3 is 11.1 Å². The van der Waals surface area contributed by atoms with Crippen molar-refractivity contribution < 1.29 is 9.18 Å². The Balaban J connectivity index is 2.61. The van der Waals surface area contributed by atoms with Crippen LogP contribution >= 0.6 is 0 Å². The molecule has 0 saturated carbocycles. The minimum absolute atomic E-state index is 0.114. The average Bonchev–Trinajstić information content (AvgIpc) is 2.39. The van der Waals surface area contributed by atoms with E-state index in [1.165, 1.54) is 6.07 Å². The molecule has 1 rings (SSSR count). The van der Waals surface area contributed by atoms with Crippen molar-refractivity contribution in [2.24, 2.45) is 11.7 Å². The molecule has 0 bridgehead atoms. The number of nitrogens with two attached hydrogens (primary N) is 1. The Hall–Kier alpha value is -1.42. The number of hydrogen-bond donors (Lipinski definition) is 2. The van der Waals surface area contributed by atoms with Crippen molar-refractivity contribution in [2.75, 3.05) is 13.1 Å². The van der Waals surface area contributed by atoms with Crippen LogP contribution in [0.3, 0.4) is 0 Å². The molecule has 3 nitrogen and oxygen atoms in total. The van der Waals surface area contributed by atoms with Crippen LogP contribution in [0.1, 0.15) is 42.1 Å². The van der Waals surface area contributed by atoms with Gasteiger partial charge in [0.2, 0.25) is 0 Å². The van der Waals surface area contributed by atoms with Gasteiger partial charge in [0.15, 0.2) is 0 Å². The summed E-state index contributed by atoms with van der Waals surface area (Å²) in [7, 11) is 0. The van der Waals surface area contributed by atoms with Crippen molar-refractivity contribution in [3.05, 3.63) is 35.1 Å². The first kappa shape index (κ1) is 15.6. The largest absolute Gasteiger partial charge is 0.352 e. The van der Waals surface area contributed by atoms with Gasteiger partial charge in [0, 0.05) is 6.54 Å². The van der Waals surface area contributed by atoms with Crippen molar-refractivity contribution in [1.82, 2.24) is 5.32 Å². The Morgan fingerprint density at radius 2 is 2.16 bits per heavy atom. The molecule has 0 aliphatic carbocycles. The highest BCUT2D eigenvalue weighted by Gasteiger charge is 2.14. The molecule has 1 aromatic rings. The summed E-state index contributed by atoms with van der Waals surface area (Å²) in [5.74, 6) is -0.419. The molecular formula is C15H23FN2O. The van der Waals surface area contributed by atoms with E-state index < -0.39 is 5.82 Å². The predicted molar refractivity (Wildman–Crippen MR) is 75.5 cm³/mol. The zero-order chi connectivity index (χ0) is 14.3. The van der Waals surface area contributed by atoms with Crippen molar-refractivity contribution in [2.45, 2.75) is 33.1 Å². The summed E-state index contributed by atoms with van der Waals surface area (Å²) in [6.07, 6.45) is 2.96. The molecule has 1 unspecified atom stereocenters. The van der Waals surface area contributed by atoms with E-state index in [0.29, 0.717) is 24.6 Å². The number of benzene rings is 1. The first-order valence-corrected chi connectivity index (χ1v) is 6.83. The number of rotatable bonds is 7. The number of amides is 1. The molecule has 4 heteroatoms. The van der Waals surface area contributed by atoms with Crippen LogP contribution in [0.4, 0.5) is 4.39 Å². The third kappa shape index (κ3) is 4.63. The Morgan fingerprint density at radius 3 is 2.79 bits per heavy atom. The Kier molecular flexibility index (Phi) is 6.50. The molecule has 1 amide bonds. The Bertz CT molecular complexity index is 415. The van der Waals surface area contributed by atoms with E-state index in [2.05, 4.69) is 12.2 Å². The van der Waals surface area contributed by atoms with Crippen LogP contribution in [0.25, 0.3) is 0 Å². The third-order valence-corrected chi connectivity index (χ3v) is 3.26. The van der Waals surface area contributed by atoms with Crippen molar-refractivity contribution in [3.63, 3.8) is 0 Å². The molecule has 106 valence electrons. The number of nitrogens with one attached hydrogen (secondary N) is 1. The number of carbonyl (C=O) groups is 1. The topological polar surface area (TPSA) is 55.1 Å². The molecule has 0 fully saturated rings. The monoisotopic (exact) mass is 266 g/mol. The summed E-state index contributed by atoms with van der Waals surface area (Å²) < 4.78 is 13.8. The minimum atomic E-state index is -0.439. The molecule has 0 aliphatic heterocycles. The highest BCUT2D eigenvalue weighted by Crippen LogP contribution is 2.13. The second kappa shape index (κ2) is 7.89. The molecule has 0 heterocycles. The van der Waals surface area contributed by atoms with Gasteiger partial charge in [-0.25, -0.2) is 4.39 Å². The lowest BCUT2D eigenvalue weighted by atomic mass is 9.99. The molecule has 3 N–H and O–H groups in total. The fourth-order valence-corrected chi connectivity index (χ4v) is 2.15. The molecular weight excluding hydrogens is 243 g/mol. The van der Waals surface area contributed by atoms with Crippen LogP contribution in [0.5, 0.6) is 0 Å². The van der Waals surface area contributed by atoms with Gasteiger partial charge in [0.25, 0.3) is 5.91 Å². The first-order valence-electron chi connectivity index (χ1n) is 6.83. The normalized spacial score (nSPS) is 12.2. The molecule has 1 aromatic carbocycles. The third-order valence-electron chi connectivity index (χ3n) is 3.26. The second-order valence-electron chi connectivity index (χ2n) is 4.88. The maximum atomic E-state index is 13.8. The molecule has 19 heavy (non-hydrogen) atoms. The highest BCUT2D eigenvalue weighted by molar-refractivity contribution is 5.94. The van der Waals surface area contributed by atoms with Gasteiger partial charge in [-0.3, -0.25) is 4.79 Å². The fraction of sp³-hybridized carbons (Fsp3) is 0.533. The van der Waals surface area contributed by atoms with Gasteiger partial charge in [0.05, 0.1) is 5.56 Å². The minimum Gasteiger partial charge on any atom is -0.352 e. The summed E-state index contributed by atoms with van der Waals surface area (Å²) in [6.45, 7) is 4.92. The number of halogens is 1. The smallest absolute Gasteiger partial charge is 0.254 e. The summed E-state index contributed by atoms with van der Waals surface area (Å²) in [5, 5.41) is 2.80. The van der Waals surface area contributed by atoms with Crippen molar-refractivity contribution >= 4 is 5.91 Å². The van der Waals surface area contributed by atoms with E-state index in [1.54, 1.807) is 19.1 Å². The SMILES string of the molecule is CCCC(CCN)CNC(=O)c1cccc(C)c1F. The van der Waals surface area contributed by atoms with Crippen LogP contribution in [-0.2, 0) is 0 Å². The van der Waals surface area contributed by atoms with Crippen LogP contribution in [0.15, 0.2) is 18.2 Å². The Morgan fingerprint density at radius 1 is 1.42 bits per heavy atom. The summed E-state index contributed by atoms with van der Waals surface area (Å²) in [4.78, 5) is 11.9. The van der Waals surface area contributed by atoms with Crippen LogP contribution in [0.2, 0.25) is 0 Å². The molecule has 0 aromatic heterocycles. The van der Waals surface area contributed by atoms with Crippen LogP contribution in [0, 0.1) is 18.7 Å². The summed E-state index contributed by atoms with van der Waals surface area (Å²) >= 11 is 0. The molecule has 0 spiro atoms. The average molecular weight is 266 g/mol. The first-order chi connectivity index (χ1) is 9.10. The van der Waals surface area contributed by atoms with Gasteiger partial charge in [-0.15, -0.1) is 0 Å². The molecule has 0 saturated heterocycles. The van der Waals surface area contributed by atoms with Gasteiger partial charge in [-0.05, 0) is 43.9 Å². The maximum Gasteiger partial charge on any atom is 0.254 e. The van der Waals surface area contributed by atoms with E-state index in [0.717, 1.165) is 19.3 Å². The van der Waals surface area contributed by atoms with E-state index >= 15 is 0 Å². The van der Waals surface area contributed by atoms with E-state index in [-0.39, 0.29) is 11.5 Å². The van der Waals surface area contributed by atoms with E-state index in [1.807, 2.05) is 0 Å². The lowest BCUT2D eigenvalue weighted by Crippen LogP contribution is -2.31. The number of hydrogen-bond acceptors (Lipinski definition) is 2. The summed E-state index contributed by atoms with van der Waals surface area (Å²) in [6, 6.07) is 4.85. The van der Waals surface area contributed by atoms with Crippen molar-refractivity contribution in [3.8, 4) is 0 Å². The van der Waals surface area contributed by atoms with Gasteiger partial charge in [-0.2, -0.15) is 0 Å². The second-order valence-corrected chi connectivity index (χ2v) is 4.88. The van der Waals surface area contributed by atoms with E-state index in [9.17, 15) is 9.18 Å². The molecule has 1 atom stereocenters. The maximum absolute atomic E-state index is 13.8. The van der Waals surface area contributed by atoms with Gasteiger partial charge in [-0.1, -0.05) is 25.5 Å². The predicted octanol–water partition coefficient (Wildman–Crippen LogP) is 2.63. The molecule has 0 aliphatic rings.